The number of allylic oxidation sites excluding steroid dienone is 1. The van der Waals surface area contributed by atoms with Gasteiger partial charge in [-0.05, 0) is 30.2 Å². The maximum Gasteiger partial charge on any atom is 0.303 e. The lowest BCUT2D eigenvalue weighted by Gasteiger charge is -1.97. The van der Waals surface area contributed by atoms with Gasteiger partial charge in [-0.1, -0.05) is 18.4 Å². The van der Waals surface area contributed by atoms with E-state index in [0.717, 1.165) is 0 Å². The summed E-state index contributed by atoms with van der Waals surface area (Å²) >= 11 is 0. The summed E-state index contributed by atoms with van der Waals surface area (Å²) in [5.74, 6) is 4.32. The molecule has 0 aromatic heterocycles. The Bertz CT molecular complexity index is 506. The van der Waals surface area contributed by atoms with E-state index in [2.05, 4.69) is 18.4 Å². The molecular formula is C13H12O4. The number of aliphatic carboxylic acids is 1. The number of phenols is 2. The third kappa shape index (κ3) is 4.31. The van der Waals surface area contributed by atoms with Crippen molar-refractivity contribution in [1.29, 1.82) is 0 Å². The van der Waals surface area contributed by atoms with Crippen LogP contribution >= 0.6 is 0 Å². The smallest absolute Gasteiger partial charge is 0.303 e. The van der Waals surface area contributed by atoms with Crippen LogP contribution in [0.4, 0.5) is 0 Å². The maximum atomic E-state index is 10.3. The highest BCUT2D eigenvalue weighted by molar-refractivity contribution is 5.67. The molecule has 0 spiro atoms. The van der Waals surface area contributed by atoms with Crippen LogP contribution in [0.3, 0.4) is 0 Å². The second-order valence-corrected chi connectivity index (χ2v) is 3.45. The van der Waals surface area contributed by atoms with Crippen LogP contribution < -0.4 is 0 Å². The van der Waals surface area contributed by atoms with E-state index >= 15 is 0 Å². The molecule has 0 unspecified atom stereocenters. The Labute approximate surface area is 98.8 Å². The first kappa shape index (κ1) is 12.7. The van der Waals surface area contributed by atoms with Gasteiger partial charge in [0.15, 0.2) is 0 Å². The van der Waals surface area contributed by atoms with E-state index in [1.165, 1.54) is 18.2 Å². The van der Waals surface area contributed by atoms with E-state index in [4.69, 9.17) is 5.11 Å². The third-order valence-electron chi connectivity index (χ3n) is 1.99. The van der Waals surface area contributed by atoms with Crippen LogP contribution in [0.1, 0.15) is 18.4 Å². The Morgan fingerprint density at radius 2 is 2.00 bits per heavy atom. The summed E-state index contributed by atoms with van der Waals surface area (Å²) in [6.45, 7) is 3.61. The van der Waals surface area contributed by atoms with Gasteiger partial charge in [0.25, 0.3) is 0 Å². The average molecular weight is 232 g/mol. The lowest BCUT2D eigenvalue weighted by molar-refractivity contribution is -0.136. The average Bonchev–Trinajstić information content (AvgIpc) is 2.27. The summed E-state index contributed by atoms with van der Waals surface area (Å²) in [7, 11) is 0. The summed E-state index contributed by atoms with van der Waals surface area (Å²) in [6, 6.07) is 4.01. The Kier molecular flexibility index (Phi) is 4.18. The van der Waals surface area contributed by atoms with Gasteiger partial charge in [-0.2, -0.15) is 0 Å². The second-order valence-electron chi connectivity index (χ2n) is 3.45. The molecule has 88 valence electrons. The summed E-state index contributed by atoms with van der Waals surface area (Å²) in [6.07, 6.45) is 0.238. The highest BCUT2D eigenvalue weighted by Crippen LogP contribution is 2.20. The van der Waals surface area contributed by atoms with Crippen LogP contribution in [-0.2, 0) is 4.79 Å². The lowest BCUT2D eigenvalue weighted by atomic mass is 10.1. The summed E-state index contributed by atoms with van der Waals surface area (Å²) in [4.78, 5) is 10.3. The van der Waals surface area contributed by atoms with E-state index in [-0.39, 0.29) is 29.9 Å². The molecule has 3 N–H and O–H groups in total. The van der Waals surface area contributed by atoms with Crippen LogP contribution in [0.2, 0.25) is 0 Å². The minimum absolute atomic E-state index is 0.00301. The van der Waals surface area contributed by atoms with Crippen molar-refractivity contribution in [1.82, 2.24) is 0 Å². The molecule has 0 aliphatic carbocycles. The number of aromatic hydroxyl groups is 2. The van der Waals surface area contributed by atoms with Gasteiger partial charge in [0, 0.05) is 6.42 Å². The Morgan fingerprint density at radius 1 is 1.29 bits per heavy atom. The van der Waals surface area contributed by atoms with Crippen molar-refractivity contribution in [3.8, 4) is 23.3 Å². The van der Waals surface area contributed by atoms with Crippen molar-refractivity contribution >= 4 is 5.97 Å². The molecule has 0 bridgehead atoms. The van der Waals surface area contributed by atoms with E-state index in [1.807, 2.05) is 0 Å². The number of carbonyl (C=O) groups is 1. The van der Waals surface area contributed by atoms with Gasteiger partial charge in [-0.25, -0.2) is 0 Å². The Morgan fingerprint density at radius 3 is 2.65 bits per heavy atom. The molecule has 0 aliphatic rings. The van der Waals surface area contributed by atoms with E-state index in [1.54, 1.807) is 0 Å². The molecule has 0 fully saturated rings. The SMILES string of the molecule is C=C(C#Cc1cc(O)ccc1O)CCC(=O)O. The molecule has 4 nitrogen and oxygen atoms in total. The zero-order valence-corrected chi connectivity index (χ0v) is 9.10. The third-order valence-corrected chi connectivity index (χ3v) is 1.99. The molecule has 0 aliphatic heterocycles. The topological polar surface area (TPSA) is 77.8 Å². The van der Waals surface area contributed by atoms with Gasteiger partial charge in [0.2, 0.25) is 0 Å². The van der Waals surface area contributed by atoms with E-state index in [9.17, 15) is 15.0 Å². The van der Waals surface area contributed by atoms with E-state index < -0.39 is 5.97 Å². The molecule has 0 amide bonds. The fraction of sp³-hybridized carbons (Fsp3) is 0.154. The highest BCUT2D eigenvalue weighted by Gasteiger charge is 2.00. The summed E-state index contributed by atoms with van der Waals surface area (Å²) in [5, 5.41) is 27.1. The standard InChI is InChI=1S/C13H12O4/c1-9(3-7-13(16)17)2-4-10-8-11(14)5-6-12(10)15/h5-6,8,14-15H,1,3,7H2,(H,16,17). The molecule has 0 radical (unpaired) electrons. The normalized spacial score (nSPS) is 9.18. The maximum absolute atomic E-state index is 10.3. The quantitative estimate of drug-likeness (QED) is 0.549. The number of hydrogen-bond acceptors (Lipinski definition) is 3. The molecule has 0 heterocycles. The largest absolute Gasteiger partial charge is 0.508 e. The highest BCUT2D eigenvalue weighted by atomic mass is 16.4. The molecule has 0 saturated carbocycles. The van der Waals surface area contributed by atoms with Gasteiger partial charge in [-0.3, -0.25) is 4.79 Å². The van der Waals surface area contributed by atoms with Crippen LogP contribution in [0, 0.1) is 11.8 Å². The van der Waals surface area contributed by atoms with Crippen LogP contribution in [0.15, 0.2) is 30.4 Å². The molecule has 1 rings (SSSR count). The summed E-state index contributed by atoms with van der Waals surface area (Å²) in [5.41, 5.74) is 0.747. The second kappa shape index (κ2) is 5.61. The fourth-order valence-electron chi connectivity index (χ4n) is 1.10. The number of benzene rings is 1. The first-order valence-electron chi connectivity index (χ1n) is 4.92. The van der Waals surface area contributed by atoms with Crippen LogP contribution in [0.5, 0.6) is 11.5 Å². The van der Waals surface area contributed by atoms with Gasteiger partial charge in [0.05, 0.1) is 5.56 Å². The number of hydrogen-bond donors (Lipinski definition) is 3. The Balaban J connectivity index is 2.74. The van der Waals surface area contributed by atoms with Crippen molar-refractivity contribution in [3.05, 3.63) is 35.9 Å². The molecule has 1 aromatic rings. The zero-order chi connectivity index (χ0) is 12.8. The van der Waals surface area contributed by atoms with Crippen molar-refractivity contribution in [3.63, 3.8) is 0 Å². The van der Waals surface area contributed by atoms with E-state index in [0.29, 0.717) is 5.57 Å². The zero-order valence-electron chi connectivity index (χ0n) is 9.10. The van der Waals surface area contributed by atoms with Crippen LogP contribution in [-0.4, -0.2) is 21.3 Å². The van der Waals surface area contributed by atoms with Crippen molar-refractivity contribution in [2.45, 2.75) is 12.8 Å². The Hall–Kier alpha value is -2.41. The van der Waals surface area contributed by atoms with Gasteiger partial charge in [0.1, 0.15) is 11.5 Å². The minimum atomic E-state index is -0.909. The van der Waals surface area contributed by atoms with Gasteiger partial charge < -0.3 is 15.3 Å². The minimum Gasteiger partial charge on any atom is -0.508 e. The number of phenolic OH excluding ortho intramolecular Hbond substituents is 2. The lowest BCUT2D eigenvalue weighted by Crippen LogP contribution is -1.94. The molecule has 0 atom stereocenters. The van der Waals surface area contributed by atoms with Gasteiger partial charge in [-0.15, -0.1) is 0 Å². The molecule has 17 heavy (non-hydrogen) atoms. The van der Waals surface area contributed by atoms with Crippen LogP contribution in [0.25, 0.3) is 0 Å². The van der Waals surface area contributed by atoms with Crippen molar-refractivity contribution in [2.75, 3.05) is 0 Å². The van der Waals surface area contributed by atoms with Crippen molar-refractivity contribution < 1.29 is 20.1 Å². The first-order valence-corrected chi connectivity index (χ1v) is 4.92. The number of carboxylic acids is 1. The number of rotatable bonds is 3. The first-order chi connectivity index (χ1) is 7.99. The van der Waals surface area contributed by atoms with Crippen molar-refractivity contribution in [2.24, 2.45) is 0 Å². The molecule has 0 saturated heterocycles. The molecule has 4 heteroatoms. The summed E-state index contributed by atoms with van der Waals surface area (Å²) < 4.78 is 0. The monoisotopic (exact) mass is 232 g/mol. The predicted octanol–water partition coefficient (Wildman–Crippen LogP) is 1.87. The number of carboxylic acid groups (broad SMARTS) is 1. The predicted molar refractivity (Wildman–Crippen MR) is 62.7 cm³/mol. The van der Waals surface area contributed by atoms with Gasteiger partial charge >= 0.3 is 5.97 Å². The fourth-order valence-corrected chi connectivity index (χ4v) is 1.10. The molecular weight excluding hydrogens is 220 g/mol. The molecule has 1 aromatic carbocycles.